The number of ether oxygens (including phenoxy) is 1. The van der Waals surface area contributed by atoms with Gasteiger partial charge < -0.3 is 4.74 Å². The third-order valence-corrected chi connectivity index (χ3v) is 12.5. The van der Waals surface area contributed by atoms with E-state index in [9.17, 15) is 34.1 Å². The summed E-state index contributed by atoms with van der Waals surface area (Å²) in [6.07, 6.45) is 0.688. The van der Waals surface area contributed by atoms with Gasteiger partial charge in [0.05, 0.1) is 32.4 Å². The number of rotatable bonds is 8. The number of nitro benzene ring substituents is 1. The van der Waals surface area contributed by atoms with Gasteiger partial charge in [-0.15, -0.1) is 0 Å². The van der Waals surface area contributed by atoms with Crippen molar-refractivity contribution in [3.05, 3.63) is 104 Å². The Labute approximate surface area is 288 Å². The van der Waals surface area contributed by atoms with Crippen molar-refractivity contribution in [1.29, 1.82) is 0 Å². The van der Waals surface area contributed by atoms with Crippen LogP contribution in [0.1, 0.15) is 37.5 Å². The molecule has 15 heteroatoms. The highest BCUT2D eigenvalue weighted by molar-refractivity contribution is 9.12. The first-order valence-electron chi connectivity index (χ1n) is 13.9. The summed E-state index contributed by atoms with van der Waals surface area (Å²) < 4.78 is 5.32. The van der Waals surface area contributed by atoms with Crippen LogP contribution in [0.15, 0.2) is 66.7 Å². The SMILES string of the molecule is O=C(CN(C(=O)c1ccc(Cl)c(Cl)c1)N1C(=O)[C@@H]2[C@H]3C[C@@H]([C@@H](Br)[C@H]3Br)[C@H]2C1=O)c1ccc(OC(=O)c2ccc([N+](=O)[O-])cc2)cc1. The number of fused-ring (bicyclic) bond motifs is 5. The number of imide groups is 1. The zero-order chi connectivity index (χ0) is 33.0. The number of nitrogens with zero attached hydrogens (tertiary/aromatic N) is 3. The molecule has 3 aliphatic rings. The second kappa shape index (κ2) is 12.5. The molecule has 236 valence electrons. The van der Waals surface area contributed by atoms with Crippen LogP contribution in [0.5, 0.6) is 5.75 Å². The molecular weight excluding hydrogens is 773 g/mol. The molecule has 0 radical (unpaired) electrons. The molecule has 2 saturated carbocycles. The number of nitro groups is 1. The molecule has 3 amide bonds. The van der Waals surface area contributed by atoms with E-state index >= 15 is 0 Å². The van der Waals surface area contributed by atoms with Gasteiger partial charge in [-0.3, -0.25) is 29.3 Å². The lowest BCUT2D eigenvalue weighted by Crippen LogP contribution is -2.52. The van der Waals surface area contributed by atoms with Gasteiger partial charge in [0, 0.05) is 32.9 Å². The molecule has 3 fully saturated rings. The molecule has 3 aromatic rings. The molecule has 0 aromatic heterocycles. The minimum absolute atomic E-state index is 0.0214. The Morgan fingerprint density at radius 3 is 1.93 bits per heavy atom. The lowest BCUT2D eigenvalue weighted by atomic mass is 9.81. The fourth-order valence-corrected chi connectivity index (χ4v) is 8.58. The van der Waals surface area contributed by atoms with Gasteiger partial charge in [0.15, 0.2) is 5.78 Å². The third kappa shape index (κ3) is 5.63. The van der Waals surface area contributed by atoms with Gasteiger partial charge in [-0.1, -0.05) is 55.1 Å². The number of amides is 3. The summed E-state index contributed by atoms with van der Waals surface area (Å²) in [5.41, 5.74) is 0.0343. The van der Waals surface area contributed by atoms with Crippen molar-refractivity contribution in [2.24, 2.45) is 23.7 Å². The maximum Gasteiger partial charge on any atom is 0.343 e. The van der Waals surface area contributed by atoms with E-state index in [1.54, 1.807) is 0 Å². The van der Waals surface area contributed by atoms with Crippen molar-refractivity contribution in [3.8, 4) is 5.75 Å². The lowest BCUT2D eigenvalue weighted by Gasteiger charge is -2.31. The summed E-state index contributed by atoms with van der Waals surface area (Å²) in [7, 11) is 0. The number of halogens is 4. The molecule has 1 heterocycles. The van der Waals surface area contributed by atoms with Gasteiger partial charge in [-0.05, 0) is 72.9 Å². The van der Waals surface area contributed by atoms with E-state index in [-0.39, 0.29) is 59.7 Å². The van der Waals surface area contributed by atoms with E-state index in [1.165, 1.54) is 66.7 Å². The zero-order valence-electron chi connectivity index (χ0n) is 23.3. The van der Waals surface area contributed by atoms with Gasteiger partial charge in [0.1, 0.15) is 12.3 Å². The van der Waals surface area contributed by atoms with Crippen LogP contribution in [0.2, 0.25) is 10.0 Å². The molecule has 1 saturated heterocycles. The Morgan fingerprint density at radius 1 is 0.848 bits per heavy atom. The Hall–Kier alpha value is -3.65. The van der Waals surface area contributed by atoms with Crippen LogP contribution >= 0.6 is 55.1 Å². The van der Waals surface area contributed by atoms with E-state index < -0.39 is 52.8 Å². The molecule has 46 heavy (non-hydrogen) atoms. The minimum atomic E-state index is -0.791. The fourth-order valence-electron chi connectivity index (χ4n) is 6.40. The van der Waals surface area contributed by atoms with Crippen molar-refractivity contribution in [2.75, 3.05) is 6.54 Å². The molecule has 0 unspecified atom stereocenters. The smallest absolute Gasteiger partial charge is 0.343 e. The first-order chi connectivity index (χ1) is 21.9. The van der Waals surface area contributed by atoms with Gasteiger partial charge in [-0.25, -0.2) is 9.80 Å². The quantitative estimate of drug-likeness (QED) is 0.0504. The molecule has 3 aromatic carbocycles. The third-order valence-electron chi connectivity index (χ3n) is 8.60. The number of carbonyl (C=O) groups is 5. The van der Waals surface area contributed by atoms with Gasteiger partial charge in [0.25, 0.3) is 23.4 Å². The molecule has 6 atom stereocenters. The largest absolute Gasteiger partial charge is 0.423 e. The predicted octanol–water partition coefficient (Wildman–Crippen LogP) is 6.14. The number of esters is 1. The fraction of sp³-hybridized carbons (Fsp3) is 0.258. The minimum Gasteiger partial charge on any atom is -0.423 e. The summed E-state index contributed by atoms with van der Waals surface area (Å²) in [5.74, 6) is -4.62. The molecule has 6 rings (SSSR count). The van der Waals surface area contributed by atoms with Crippen molar-refractivity contribution < 1.29 is 33.6 Å². The maximum absolute atomic E-state index is 13.9. The van der Waals surface area contributed by atoms with E-state index in [1.807, 2.05) is 0 Å². The van der Waals surface area contributed by atoms with E-state index in [2.05, 4.69) is 31.9 Å². The number of Topliss-reactive ketones (excluding diaryl/α,β-unsaturated/α-hetero) is 1. The zero-order valence-corrected chi connectivity index (χ0v) is 28.0. The topological polar surface area (TPSA) is 144 Å². The maximum atomic E-state index is 13.9. The summed E-state index contributed by atoms with van der Waals surface area (Å²) in [6, 6.07) is 14.4. The Balaban J connectivity index is 1.24. The molecule has 2 aliphatic carbocycles. The van der Waals surface area contributed by atoms with Gasteiger partial charge in [0.2, 0.25) is 0 Å². The standard InChI is InChI=1S/C31H21Br2Cl2N3O8/c32-26-19-12-20(27(26)33)25-24(19)29(41)37(30(25)42)36(28(40)16-5-10-21(34)22(35)11-16)13-23(39)14-3-8-18(9-4-14)46-31(43)15-1-6-17(7-2-15)38(44)45/h1-11,19-20,24-27H,12-13H2/t19-,20-,24-,25-,26-,27+/m1/s1. The van der Waals surface area contributed by atoms with E-state index in [0.29, 0.717) is 6.42 Å². The van der Waals surface area contributed by atoms with Crippen molar-refractivity contribution in [2.45, 2.75) is 16.1 Å². The van der Waals surface area contributed by atoms with Crippen LogP contribution in [0.25, 0.3) is 0 Å². The molecule has 1 aliphatic heterocycles. The van der Waals surface area contributed by atoms with Crippen LogP contribution in [0, 0.1) is 33.8 Å². The lowest BCUT2D eigenvalue weighted by molar-refractivity contribution is -0.384. The number of hydrogen-bond donors (Lipinski definition) is 0. The number of benzene rings is 3. The van der Waals surface area contributed by atoms with Crippen LogP contribution in [-0.2, 0) is 9.59 Å². The number of hydrogen-bond acceptors (Lipinski definition) is 8. The molecule has 0 N–H and O–H groups in total. The second-order valence-electron chi connectivity index (χ2n) is 11.1. The molecule has 0 spiro atoms. The second-order valence-corrected chi connectivity index (χ2v) is 14.1. The van der Waals surface area contributed by atoms with Crippen LogP contribution in [0.3, 0.4) is 0 Å². The van der Waals surface area contributed by atoms with Crippen LogP contribution < -0.4 is 4.74 Å². The first-order valence-corrected chi connectivity index (χ1v) is 16.5. The Morgan fingerprint density at radius 2 is 1.39 bits per heavy atom. The van der Waals surface area contributed by atoms with Crippen LogP contribution in [-0.4, -0.2) is 60.6 Å². The van der Waals surface area contributed by atoms with Crippen LogP contribution in [0.4, 0.5) is 5.69 Å². The van der Waals surface area contributed by atoms with E-state index in [4.69, 9.17) is 27.9 Å². The summed E-state index contributed by atoms with van der Waals surface area (Å²) in [5, 5.41) is 12.8. The number of ketones is 1. The number of hydrazine groups is 1. The summed E-state index contributed by atoms with van der Waals surface area (Å²) in [6.45, 7) is -0.650. The highest BCUT2D eigenvalue weighted by atomic mass is 79.9. The highest BCUT2D eigenvalue weighted by Crippen LogP contribution is 2.60. The van der Waals surface area contributed by atoms with E-state index in [0.717, 1.165) is 10.0 Å². The van der Waals surface area contributed by atoms with Crippen molar-refractivity contribution >= 4 is 90.2 Å². The first kappa shape index (κ1) is 32.3. The average Bonchev–Trinajstić information content (AvgIpc) is 3.65. The number of carbonyl (C=O) groups excluding carboxylic acids is 5. The Bertz CT molecular complexity index is 1770. The molecular formula is C31H21Br2Cl2N3O8. The molecule has 2 bridgehead atoms. The summed E-state index contributed by atoms with van der Waals surface area (Å²) in [4.78, 5) is 77.7. The molecule has 11 nitrogen and oxygen atoms in total. The average molecular weight is 794 g/mol. The highest BCUT2D eigenvalue weighted by Gasteiger charge is 2.67. The van der Waals surface area contributed by atoms with Crippen molar-refractivity contribution in [3.63, 3.8) is 0 Å². The Kier molecular flexibility index (Phi) is 8.79. The number of non-ortho nitro benzene ring substituents is 1. The monoisotopic (exact) mass is 791 g/mol. The van der Waals surface area contributed by atoms with Crippen molar-refractivity contribution in [1.82, 2.24) is 10.0 Å². The normalized spacial score (nSPS) is 24.6. The predicted molar refractivity (Wildman–Crippen MR) is 172 cm³/mol. The number of alkyl halides is 2. The van der Waals surface area contributed by atoms with Gasteiger partial charge in [-0.2, -0.15) is 5.01 Å². The summed E-state index contributed by atoms with van der Waals surface area (Å²) >= 11 is 19.5. The van der Waals surface area contributed by atoms with Gasteiger partial charge >= 0.3 is 5.97 Å².